The van der Waals surface area contributed by atoms with Crippen LogP contribution in [0.5, 0.6) is 5.75 Å². The van der Waals surface area contributed by atoms with Gasteiger partial charge < -0.3 is 15.4 Å². The molecule has 2 aliphatic heterocycles. The van der Waals surface area contributed by atoms with Crippen molar-refractivity contribution in [1.82, 2.24) is 9.21 Å². The van der Waals surface area contributed by atoms with Crippen LogP contribution < -0.4 is 10.5 Å². The first kappa shape index (κ1) is 22.9. The summed E-state index contributed by atoms with van der Waals surface area (Å²) in [6.07, 6.45) is 2.07. The fourth-order valence-corrected chi connectivity index (χ4v) is 5.56. The lowest BCUT2D eigenvalue weighted by Gasteiger charge is -2.33. The molecular formula is C19H30ClN3O4S. The molecule has 9 heteroatoms. The van der Waals surface area contributed by atoms with Gasteiger partial charge in [0.25, 0.3) is 0 Å². The number of carbonyl (C=O) groups is 1. The van der Waals surface area contributed by atoms with E-state index in [9.17, 15) is 13.2 Å². The Hall–Kier alpha value is -1.35. The van der Waals surface area contributed by atoms with Gasteiger partial charge >= 0.3 is 0 Å². The Kier molecular flexibility index (Phi) is 7.73. The summed E-state index contributed by atoms with van der Waals surface area (Å²) in [7, 11) is -2.00. The highest BCUT2D eigenvalue weighted by Gasteiger charge is 2.38. The van der Waals surface area contributed by atoms with Gasteiger partial charge in [0, 0.05) is 31.6 Å². The Balaban J connectivity index is 0.00000280. The van der Waals surface area contributed by atoms with Gasteiger partial charge in [-0.2, -0.15) is 4.31 Å². The van der Waals surface area contributed by atoms with E-state index in [1.165, 1.54) is 4.31 Å². The second kappa shape index (κ2) is 9.43. The van der Waals surface area contributed by atoms with Crippen LogP contribution in [0.4, 0.5) is 0 Å². The van der Waals surface area contributed by atoms with Crippen LogP contribution in [-0.4, -0.2) is 62.9 Å². The van der Waals surface area contributed by atoms with Gasteiger partial charge in [0.05, 0.1) is 12.0 Å². The van der Waals surface area contributed by atoms with E-state index < -0.39 is 10.0 Å². The van der Waals surface area contributed by atoms with Gasteiger partial charge in [0.2, 0.25) is 15.9 Å². The lowest BCUT2D eigenvalue weighted by molar-refractivity contribution is -0.137. The molecule has 1 amide bonds. The van der Waals surface area contributed by atoms with E-state index in [-0.39, 0.29) is 35.2 Å². The summed E-state index contributed by atoms with van der Waals surface area (Å²) in [4.78, 5) is 15.1. The highest BCUT2D eigenvalue weighted by Crippen LogP contribution is 2.29. The molecule has 2 heterocycles. The van der Waals surface area contributed by atoms with Crippen LogP contribution in [0.15, 0.2) is 29.2 Å². The molecule has 0 saturated carbocycles. The van der Waals surface area contributed by atoms with E-state index in [4.69, 9.17) is 10.5 Å². The summed E-state index contributed by atoms with van der Waals surface area (Å²) in [5, 5.41) is 0. The average Bonchev–Trinajstić information content (AvgIpc) is 3.08. The molecule has 0 aliphatic carbocycles. The zero-order valence-corrected chi connectivity index (χ0v) is 18.0. The average molecular weight is 432 g/mol. The van der Waals surface area contributed by atoms with Gasteiger partial charge in [0.15, 0.2) is 0 Å². The molecule has 2 atom stereocenters. The number of rotatable bonds is 5. The van der Waals surface area contributed by atoms with Crippen molar-refractivity contribution in [3.63, 3.8) is 0 Å². The van der Waals surface area contributed by atoms with Crippen LogP contribution >= 0.6 is 12.4 Å². The molecule has 0 radical (unpaired) electrons. The lowest BCUT2D eigenvalue weighted by Crippen LogP contribution is -2.45. The summed E-state index contributed by atoms with van der Waals surface area (Å²) in [6, 6.07) is 6.62. The third-order valence-corrected chi connectivity index (χ3v) is 7.69. The van der Waals surface area contributed by atoms with Crippen molar-refractivity contribution in [1.29, 1.82) is 0 Å². The molecule has 2 aliphatic rings. The van der Waals surface area contributed by atoms with Gasteiger partial charge in [-0.15, -0.1) is 12.4 Å². The molecular weight excluding hydrogens is 402 g/mol. The minimum Gasteiger partial charge on any atom is -0.497 e. The number of sulfonamides is 1. The van der Waals surface area contributed by atoms with Crippen molar-refractivity contribution in [3.8, 4) is 5.75 Å². The van der Waals surface area contributed by atoms with Crippen molar-refractivity contribution in [3.05, 3.63) is 24.3 Å². The number of nitrogens with two attached hydrogens (primary N) is 1. The number of amides is 1. The van der Waals surface area contributed by atoms with E-state index in [1.54, 1.807) is 31.4 Å². The maximum atomic E-state index is 12.9. The Morgan fingerprint density at radius 1 is 1.21 bits per heavy atom. The van der Waals surface area contributed by atoms with Gasteiger partial charge in [-0.3, -0.25) is 4.79 Å². The van der Waals surface area contributed by atoms with E-state index in [2.05, 4.69) is 6.92 Å². The largest absolute Gasteiger partial charge is 0.497 e. The number of piperidine rings is 1. The van der Waals surface area contributed by atoms with Gasteiger partial charge in [-0.25, -0.2) is 8.42 Å². The van der Waals surface area contributed by atoms with Gasteiger partial charge in [0.1, 0.15) is 5.75 Å². The molecule has 0 bridgehead atoms. The standard InChI is InChI=1S/C19H29N3O4S.ClH/c1-14-11-15(12-20)13-22(14)19(23)16-7-9-21(10-8-16)27(24,25)18-5-3-17(26-2)4-6-18;/h3-6,14-16H,7-13,20H2,1-2H3;1H. The summed E-state index contributed by atoms with van der Waals surface area (Å²) in [5.74, 6) is 1.04. The Labute approximate surface area is 173 Å². The second-order valence-corrected chi connectivity index (χ2v) is 9.47. The first-order valence-corrected chi connectivity index (χ1v) is 11.0. The highest BCUT2D eigenvalue weighted by atomic mass is 35.5. The normalized spacial score (nSPS) is 24.0. The van der Waals surface area contributed by atoms with E-state index in [0.717, 1.165) is 13.0 Å². The zero-order valence-electron chi connectivity index (χ0n) is 16.4. The number of nitrogens with zero attached hydrogens (tertiary/aromatic N) is 2. The van der Waals surface area contributed by atoms with E-state index in [1.807, 2.05) is 4.90 Å². The highest BCUT2D eigenvalue weighted by molar-refractivity contribution is 7.89. The van der Waals surface area contributed by atoms with Crippen LogP contribution in [0.25, 0.3) is 0 Å². The molecule has 0 spiro atoms. The lowest BCUT2D eigenvalue weighted by atomic mass is 9.96. The fourth-order valence-electron chi connectivity index (χ4n) is 4.09. The molecule has 0 aromatic heterocycles. The van der Waals surface area contributed by atoms with Gasteiger partial charge in [-0.1, -0.05) is 0 Å². The molecule has 158 valence electrons. The molecule has 28 heavy (non-hydrogen) atoms. The molecule has 2 saturated heterocycles. The van der Waals surface area contributed by atoms with Gasteiger partial charge in [-0.05, 0) is 62.9 Å². The van der Waals surface area contributed by atoms with Crippen LogP contribution in [-0.2, 0) is 14.8 Å². The van der Waals surface area contributed by atoms with E-state index >= 15 is 0 Å². The number of methoxy groups -OCH3 is 1. The zero-order chi connectivity index (χ0) is 19.6. The SMILES string of the molecule is COc1ccc(S(=O)(=O)N2CCC(C(=O)N3CC(CN)CC3C)CC2)cc1.Cl. The van der Waals surface area contributed by atoms with Crippen molar-refractivity contribution >= 4 is 28.3 Å². The van der Waals surface area contributed by atoms with Crippen LogP contribution in [0, 0.1) is 11.8 Å². The minimum atomic E-state index is -3.54. The Morgan fingerprint density at radius 2 is 1.82 bits per heavy atom. The maximum absolute atomic E-state index is 12.9. The third kappa shape index (κ3) is 4.62. The fraction of sp³-hybridized carbons (Fsp3) is 0.632. The molecule has 3 rings (SSSR count). The van der Waals surface area contributed by atoms with Crippen molar-refractivity contribution in [2.24, 2.45) is 17.6 Å². The minimum absolute atomic E-state index is 0. The Bertz CT molecular complexity index is 764. The van der Waals surface area contributed by atoms with Crippen LogP contribution in [0.1, 0.15) is 26.2 Å². The molecule has 1 aromatic carbocycles. The topological polar surface area (TPSA) is 92.9 Å². The first-order chi connectivity index (χ1) is 12.9. The number of hydrogen-bond donors (Lipinski definition) is 1. The summed E-state index contributed by atoms with van der Waals surface area (Å²) in [6.45, 7) is 4.13. The first-order valence-electron chi connectivity index (χ1n) is 9.51. The summed E-state index contributed by atoms with van der Waals surface area (Å²) in [5.41, 5.74) is 5.76. The number of hydrogen-bond acceptors (Lipinski definition) is 5. The molecule has 7 nitrogen and oxygen atoms in total. The predicted octanol–water partition coefficient (Wildman–Crippen LogP) is 1.71. The molecule has 2 N–H and O–H groups in total. The van der Waals surface area contributed by atoms with Crippen LogP contribution in [0.3, 0.4) is 0 Å². The summed E-state index contributed by atoms with van der Waals surface area (Å²) < 4.78 is 32.2. The van der Waals surface area contributed by atoms with Crippen LogP contribution in [0.2, 0.25) is 0 Å². The number of halogens is 1. The number of carbonyl (C=O) groups excluding carboxylic acids is 1. The number of likely N-dealkylation sites (tertiary alicyclic amines) is 1. The molecule has 1 aromatic rings. The summed E-state index contributed by atoms with van der Waals surface area (Å²) >= 11 is 0. The Morgan fingerprint density at radius 3 is 2.32 bits per heavy atom. The second-order valence-electron chi connectivity index (χ2n) is 7.53. The molecule has 2 unspecified atom stereocenters. The smallest absolute Gasteiger partial charge is 0.243 e. The van der Waals surface area contributed by atoms with E-state index in [0.29, 0.717) is 44.1 Å². The van der Waals surface area contributed by atoms with Crippen molar-refractivity contribution in [2.45, 2.75) is 37.1 Å². The van der Waals surface area contributed by atoms with Crippen molar-refractivity contribution < 1.29 is 17.9 Å². The number of ether oxygens (including phenoxy) is 1. The van der Waals surface area contributed by atoms with Crippen molar-refractivity contribution in [2.75, 3.05) is 33.3 Å². The maximum Gasteiger partial charge on any atom is 0.243 e. The quantitative estimate of drug-likeness (QED) is 0.766. The predicted molar refractivity (Wildman–Crippen MR) is 110 cm³/mol. The number of benzene rings is 1. The monoisotopic (exact) mass is 431 g/mol. The third-order valence-electron chi connectivity index (χ3n) is 5.78. The molecule has 2 fully saturated rings.